The SMILES string of the molecule is CC1CCCC(NC(=O)C(NC(=O)OCC2c3ccccc3-c3ccccc32)C(C)OCc2ccccc2)(C(=O)O)C1. The zero-order valence-corrected chi connectivity index (χ0v) is 24.0. The van der Waals surface area contributed by atoms with E-state index in [1.165, 1.54) is 0 Å². The lowest BCUT2D eigenvalue weighted by Gasteiger charge is -2.38. The Bertz CT molecular complexity index is 1380. The van der Waals surface area contributed by atoms with Crippen molar-refractivity contribution < 1.29 is 29.0 Å². The molecule has 8 heteroatoms. The second kappa shape index (κ2) is 12.8. The van der Waals surface area contributed by atoms with Crippen LogP contribution in [-0.4, -0.2) is 47.4 Å². The zero-order chi connectivity index (χ0) is 29.7. The van der Waals surface area contributed by atoms with E-state index in [9.17, 15) is 19.5 Å². The maximum absolute atomic E-state index is 13.7. The van der Waals surface area contributed by atoms with Crippen LogP contribution in [0.3, 0.4) is 0 Å². The summed E-state index contributed by atoms with van der Waals surface area (Å²) in [5.41, 5.74) is 3.90. The number of rotatable bonds is 10. The monoisotopic (exact) mass is 570 g/mol. The molecule has 1 saturated carbocycles. The Labute approximate surface area is 246 Å². The Kier molecular flexibility index (Phi) is 8.92. The average molecular weight is 571 g/mol. The molecule has 2 amide bonds. The van der Waals surface area contributed by atoms with Crippen LogP contribution in [0.4, 0.5) is 4.79 Å². The Morgan fingerprint density at radius 3 is 2.19 bits per heavy atom. The van der Waals surface area contributed by atoms with Crippen molar-refractivity contribution in [1.82, 2.24) is 10.6 Å². The van der Waals surface area contributed by atoms with Crippen LogP contribution in [0, 0.1) is 5.92 Å². The maximum atomic E-state index is 13.7. The summed E-state index contributed by atoms with van der Waals surface area (Å²) in [6, 6.07) is 24.4. The zero-order valence-electron chi connectivity index (χ0n) is 24.0. The molecule has 3 aromatic rings. The lowest BCUT2D eigenvalue weighted by Crippen LogP contribution is -2.63. The number of benzene rings is 3. The second-order valence-corrected chi connectivity index (χ2v) is 11.5. The molecular weight excluding hydrogens is 532 g/mol. The van der Waals surface area contributed by atoms with Gasteiger partial charge in [0.15, 0.2) is 0 Å². The molecule has 0 saturated heterocycles. The fourth-order valence-corrected chi connectivity index (χ4v) is 6.29. The number of aliphatic carboxylic acids is 1. The Balaban J connectivity index is 1.31. The van der Waals surface area contributed by atoms with E-state index >= 15 is 0 Å². The minimum Gasteiger partial charge on any atom is -0.480 e. The number of ether oxygens (including phenoxy) is 2. The highest BCUT2D eigenvalue weighted by atomic mass is 16.5. The summed E-state index contributed by atoms with van der Waals surface area (Å²) in [5.74, 6) is -1.67. The van der Waals surface area contributed by atoms with Gasteiger partial charge < -0.3 is 25.2 Å². The molecule has 8 nitrogen and oxygen atoms in total. The number of carboxylic acid groups (broad SMARTS) is 1. The minimum absolute atomic E-state index is 0.0873. The Hall–Kier alpha value is -4.17. The summed E-state index contributed by atoms with van der Waals surface area (Å²) in [5, 5.41) is 15.6. The van der Waals surface area contributed by atoms with Crippen LogP contribution < -0.4 is 10.6 Å². The lowest BCUT2D eigenvalue weighted by atomic mass is 9.76. The average Bonchev–Trinajstić information content (AvgIpc) is 3.31. The van der Waals surface area contributed by atoms with Crippen LogP contribution >= 0.6 is 0 Å². The summed E-state index contributed by atoms with van der Waals surface area (Å²) >= 11 is 0. The van der Waals surface area contributed by atoms with E-state index in [1.54, 1.807) is 6.92 Å². The van der Waals surface area contributed by atoms with Crippen LogP contribution in [0.2, 0.25) is 0 Å². The molecule has 4 unspecified atom stereocenters. The number of hydrogen-bond acceptors (Lipinski definition) is 5. The molecule has 3 aromatic carbocycles. The predicted octanol–water partition coefficient (Wildman–Crippen LogP) is 5.65. The van der Waals surface area contributed by atoms with E-state index in [4.69, 9.17) is 9.47 Å². The van der Waals surface area contributed by atoms with Crippen molar-refractivity contribution >= 4 is 18.0 Å². The molecule has 0 bridgehead atoms. The first-order valence-electron chi connectivity index (χ1n) is 14.6. The van der Waals surface area contributed by atoms with Crippen LogP contribution in [0.15, 0.2) is 78.9 Å². The van der Waals surface area contributed by atoms with E-state index < -0.39 is 35.7 Å². The fourth-order valence-electron chi connectivity index (χ4n) is 6.29. The van der Waals surface area contributed by atoms with E-state index in [0.717, 1.165) is 34.2 Å². The molecular formula is C34H38N2O6. The number of fused-ring (bicyclic) bond motifs is 3. The van der Waals surface area contributed by atoms with E-state index in [1.807, 2.05) is 73.7 Å². The van der Waals surface area contributed by atoms with Crippen molar-refractivity contribution in [2.75, 3.05) is 6.61 Å². The summed E-state index contributed by atoms with van der Waals surface area (Å²) in [7, 11) is 0. The molecule has 2 aliphatic carbocycles. The number of carbonyl (C=O) groups excluding carboxylic acids is 2. The van der Waals surface area contributed by atoms with Gasteiger partial charge in [-0.1, -0.05) is 98.6 Å². The van der Waals surface area contributed by atoms with E-state index in [-0.39, 0.29) is 25.0 Å². The van der Waals surface area contributed by atoms with Gasteiger partial charge in [-0.25, -0.2) is 9.59 Å². The largest absolute Gasteiger partial charge is 0.480 e. The van der Waals surface area contributed by atoms with Gasteiger partial charge in [0.25, 0.3) is 0 Å². The number of carbonyl (C=O) groups is 3. The van der Waals surface area contributed by atoms with E-state index in [0.29, 0.717) is 19.3 Å². The summed E-state index contributed by atoms with van der Waals surface area (Å²) in [4.78, 5) is 39.2. The van der Waals surface area contributed by atoms with Crippen molar-refractivity contribution in [3.8, 4) is 11.1 Å². The van der Waals surface area contributed by atoms with Gasteiger partial charge in [-0.15, -0.1) is 0 Å². The molecule has 4 atom stereocenters. The third kappa shape index (κ3) is 6.34. The molecule has 0 spiro atoms. The third-order valence-electron chi connectivity index (χ3n) is 8.49. The summed E-state index contributed by atoms with van der Waals surface area (Å²) < 4.78 is 11.7. The molecule has 0 aliphatic heterocycles. The molecule has 1 fully saturated rings. The summed E-state index contributed by atoms with van der Waals surface area (Å²) in [6.45, 7) is 3.98. The third-order valence-corrected chi connectivity index (χ3v) is 8.49. The van der Waals surface area contributed by atoms with Crippen LogP contribution in [-0.2, 0) is 25.7 Å². The lowest BCUT2D eigenvalue weighted by molar-refractivity contribution is -0.151. The highest BCUT2D eigenvalue weighted by Gasteiger charge is 2.45. The van der Waals surface area contributed by atoms with Gasteiger partial charge in [0, 0.05) is 5.92 Å². The van der Waals surface area contributed by atoms with Gasteiger partial charge in [0.05, 0.1) is 12.7 Å². The number of nitrogens with one attached hydrogen (secondary N) is 2. The first-order chi connectivity index (χ1) is 20.3. The van der Waals surface area contributed by atoms with Gasteiger partial charge in [0.2, 0.25) is 5.91 Å². The highest BCUT2D eigenvalue weighted by Crippen LogP contribution is 2.44. The Morgan fingerprint density at radius 2 is 1.57 bits per heavy atom. The predicted molar refractivity (Wildman–Crippen MR) is 159 cm³/mol. The number of alkyl carbamates (subject to hydrolysis) is 1. The van der Waals surface area contributed by atoms with Crippen molar-refractivity contribution in [3.63, 3.8) is 0 Å². The molecule has 0 radical (unpaired) electrons. The van der Waals surface area contributed by atoms with Crippen molar-refractivity contribution in [1.29, 1.82) is 0 Å². The first-order valence-corrected chi connectivity index (χ1v) is 14.6. The standard InChI is InChI=1S/C34H38N2O6/c1-22-11-10-18-34(19-22,32(38)39)36-31(37)30(23(2)41-20-24-12-4-3-5-13-24)35-33(40)42-21-29-27-16-8-6-14-25(27)26-15-7-9-17-28(26)29/h3-9,12-17,22-23,29-30H,10-11,18-21H2,1-2H3,(H,35,40)(H,36,37)(H,38,39). The molecule has 42 heavy (non-hydrogen) atoms. The Morgan fingerprint density at radius 1 is 0.952 bits per heavy atom. The van der Waals surface area contributed by atoms with Gasteiger partial charge in [-0.05, 0) is 53.5 Å². The summed E-state index contributed by atoms with van der Waals surface area (Å²) in [6.07, 6.45) is 0.715. The molecule has 220 valence electrons. The number of carboxylic acids is 1. The van der Waals surface area contributed by atoms with Crippen molar-refractivity contribution in [2.45, 2.75) is 69.7 Å². The molecule has 3 N–H and O–H groups in total. The fraction of sp³-hybridized carbons (Fsp3) is 0.382. The van der Waals surface area contributed by atoms with Crippen LogP contribution in [0.1, 0.15) is 62.1 Å². The maximum Gasteiger partial charge on any atom is 0.407 e. The normalized spacial score (nSPS) is 21.0. The molecule has 0 heterocycles. The highest BCUT2D eigenvalue weighted by molar-refractivity contribution is 5.92. The smallest absolute Gasteiger partial charge is 0.407 e. The quantitative estimate of drug-likeness (QED) is 0.290. The van der Waals surface area contributed by atoms with Gasteiger partial charge in [-0.3, -0.25) is 4.79 Å². The molecule has 0 aromatic heterocycles. The van der Waals surface area contributed by atoms with Crippen molar-refractivity contribution in [2.24, 2.45) is 5.92 Å². The van der Waals surface area contributed by atoms with Gasteiger partial charge >= 0.3 is 12.1 Å². The number of amides is 2. The first kappa shape index (κ1) is 29.3. The van der Waals surface area contributed by atoms with Crippen LogP contribution in [0.25, 0.3) is 11.1 Å². The van der Waals surface area contributed by atoms with Crippen LogP contribution in [0.5, 0.6) is 0 Å². The number of hydrogen-bond donors (Lipinski definition) is 3. The van der Waals surface area contributed by atoms with Crippen molar-refractivity contribution in [3.05, 3.63) is 95.6 Å². The second-order valence-electron chi connectivity index (χ2n) is 11.5. The van der Waals surface area contributed by atoms with Gasteiger partial charge in [0.1, 0.15) is 18.2 Å². The van der Waals surface area contributed by atoms with E-state index in [2.05, 4.69) is 22.8 Å². The molecule has 2 aliphatic rings. The minimum atomic E-state index is -1.39. The topological polar surface area (TPSA) is 114 Å². The molecule has 5 rings (SSSR count). The van der Waals surface area contributed by atoms with Gasteiger partial charge in [-0.2, -0.15) is 0 Å².